The van der Waals surface area contributed by atoms with Crippen LogP contribution >= 0.6 is 11.3 Å². The van der Waals surface area contributed by atoms with Crippen molar-refractivity contribution in [1.82, 2.24) is 10.3 Å². The summed E-state index contributed by atoms with van der Waals surface area (Å²) in [6.07, 6.45) is 0.915. The highest BCUT2D eigenvalue weighted by Gasteiger charge is 2.10. The molecule has 0 unspecified atom stereocenters. The summed E-state index contributed by atoms with van der Waals surface area (Å²) in [5.74, 6) is -0.122. The molecule has 0 aliphatic rings. The van der Waals surface area contributed by atoms with Crippen molar-refractivity contribution in [2.24, 2.45) is 0 Å². The summed E-state index contributed by atoms with van der Waals surface area (Å²) in [6, 6.07) is 8.04. The fourth-order valence-corrected chi connectivity index (χ4v) is 2.46. The van der Waals surface area contributed by atoms with Gasteiger partial charge in [0.05, 0.1) is 0 Å². The Morgan fingerprint density at radius 3 is 2.90 bits per heavy atom. The summed E-state index contributed by atoms with van der Waals surface area (Å²) < 4.78 is 0. The molecule has 0 saturated heterocycles. The highest BCUT2D eigenvalue weighted by Crippen LogP contribution is 2.23. The van der Waals surface area contributed by atoms with Crippen LogP contribution < -0.4 is 15.5 Å². The number of aromatic nitrogens is 1. The zero-order valence-electron chi connectivity index (χ0n) is 12.5. The van der Waals surface area contributed by atoms with E-state index in [1.54, 1.807) is 5.38 Å². The lowest BCUT2D eigenvalue weighted by atomic mass is 10.2. The number of rotatable bonds is 6. The van der Waals surface area contributed by atoms with E-state index in [0.29, 0.717) is 17.4 Å². The summed E-state index contributed by atoms with van der Waals surface area (Å²) in [5, 5.41) is 8.53. The lowest BCUT2D eigenvalue weighted by Gasteiger charge is -2.13. The number of hydrogen-bond acceptors (Lipinski definition) is 5. The maximum atomic E-state index is 11.8. The number of nitrogens with one attached hydrogen (secondary N) is 2. The molecule has 6 heteroatoms. The third-order valence-electron chi connectivity index (χ3n) is 2.89. The van der Waals surface area contributed by atoms with E-state index in [1.165, 1.54) is 11.3 Å². The molecule has 1 amide bonds. The van der Waals surface area contributed by atoms with Gasteiger partial charge in [-0.05, 0) is 24.6 Å². The molecule has 0 spiro atoms. The summed E-state index contributed by atoms with van der Waals surface area (Å²) in [6.45, 7) is 2.69. The molecule has 0 aliphatic carbocycles. The predicted molar refractivity (Wildman–Crippen MR) is 88.8 cm³/mol. The number of benzene rings is 1. The lowest BCUT2D eigenvalue weighted by Crippen LogP contribution is -2.24. The van der Waals surface area contributed by atoms with E-state index in [-0.39, 0.29) is 5.91 Å². The summed E-state index contributed by atoms with van der Waals surface area (Å²) in [5.41, 5.74) is 2.52. The first-order valence-corrected chi connectivity index (χ1v) is 7.76. The smallest absolute Gasteiger partial charge is 0.270 e. The van der Waals surface area contributed by atoms with Crippen LogP contribution in [-0.2, 0) is 0 Å². The van der Waals surface area contributed by atoms with E-state index in [2.05, 4.69) is 15.6 Å². The van der Waals surface area contributed by atoms with Gasteiger partial charge in [-0.3, -0.25) is 4.79 Å². The van der Waals surface area contributed by atoms with Crippen molar-refractivity contribution in [2.45, 2.75) is 13.3 Å². The second kappa shape index (κ2) is 7.08. The van der Waals surface area contributed by atoms with Gasteiger partial charge in [-0.25, -0.2) is 4.98 Å². The Labute approximate surface area is 129 Å². The average molecular weight is 304 g/mol. The van der Waals surface area contributed by atoms with Gasteiger partial charge < -0.3 is 15.5 Å². The minimum atomic E-state index is -0.122. The van der Waals surface area contributed by atoms with Crippen LogP contribution in [0.15, 0.2) is 29.6 Å². The number of hydrogen-bond donors (Lipinski definition) is 2. The van der Waals surface area contributed by atoms with Crippen LogP contribution in [0.4, 0.5) is 16.5 Å². The van der Waals surface area contributed by atoms with Crippen LogP contribution in [0, 0.1) is 0 Å². The van der Waals surface area contributed by atoms with E-state index in [1.807, 2.05) is 50.2 Å². The standard InChI is InChI=1S/C15H20N4OS/c1-4-8-16-14(20)13-10-21-15(18-13)17-11-6-5-7-12(9-11)19(2)3/h5-7,9-10H,4,8H2,1-3H3,(H,16,20)(H,17,18). The average Bonchev–Trinajstić information content (AvgIpc) is 2.93. The van der Waals surface area contributed by atoms with E-state index < -0.39 is 0 Å². The molecule has 112 valence electrons. The van der Waals surface area contributed by atoms with Gasteiger partial charge in [0, 0.05) is 37.4 Å². The molecular weight excluding hydrogens is 284 g/mol. The molecule has 0 bridgehead atoms. The minimum absolute atomic E-state index is 0.122. The number of anilines is 3. The molecule has 2 N–H and O–H groups in total. The molecule has 1 heterocycles. The molecule has 2 aromatic rings. The van der Waals surface area contributed by atoms with Gasteiger partial charge in [0.1, 0.15) is 5.69 Å². The molecule has 5 nitrogen and oxygen atoms in total. The zero-order chi connectivity index (χ0) is 15.2. The second-order valence-corrected chi connectivity index (χ2v) is 5.72. The molecule has 2 rings (SSSR count). The largest absolute Gasteiger partial charge is 0.378 e. The van der Waals surface area contributed by atoms with Crippen molar-refractivity contribution in [1.29, 1.82) is 0 Å². The number of carbonyl (C=O) groups is 1. The Bertz CT molecular complexity index is 609. The highest BCUT2D eigenvalue weighted by atomic mass is 32.1. The van der Waals surface area contributed by atoms with E-state index in [4.69, 9.17) is 0 Å². The lowest BCUT2D eigenvalue weighted by molar-refractivity contribution is 0.0949. The zero-order valence-corrected chi connectivity index (χ0v) is 13.3. The monoisotopic (exact) mass is 304 g/mol. The van der Waals surface area contributed by atoms with Gasteiger partial charge in [0.2, 0.25) is 0 Å². The van der Waals surface area contributed by atoms with Crippen molar-refractivity contribution in [3.05, 3.63) is 35.3 Å². The molecule has 0 fully saturated rings. The third-order valence-corrected chi connectivity index (χ3v) is 3.64. The van der Waals surface area contributed by atoms with Crippen LogP contribution in [-0.4, -0.2) is 31.5 Å². The normalized spacial score (nSPS) is 10.2. The van der Waals surface area contributed by atoms with Crippen molar-refractivity contribution >= 4 is 33.8 Å². The summed E-state index contributed by atoms with van der Waals surface area (Å²) in [4.78, 5) is 18.2. The quantitative estimate of drug-likeness (QED) is 0.861. The van der Waals surface area contributed by atoms with Crippen LogP contribution in [0.2, 0.25) is 0 Å². The molecule has 1 aromatic heterocycles. The Balaban J connectivity index is 2.05. The maximum Gasteiger partial charge on any atom is 0.270 e. The van der Waals surface area contributed by atoms with Gasteiger partial charge in [-0.15, -0.1) is 11.3 Å². The highest BCUT2D eigenvalue weighted by molar-refractivity contribution is 7.14. The Kier molecular flexibility index (Phi) is 5.16. The maximum absolute atomic E-state index is 11.8. The van der Waals surface area contributed by atoms with Crippen molar-refractivity contribution in [2.75, 3.05) is 30.9 Å². The molecule has 0 atom stereocenters. The number of nitrogens with zero attached hydrogens (tertiary/aromatic N) is 2. The summed E-state index contributed by atoms with van der Waals surface area (Å²) >= 11 is 1.42. The van der Waals surface area contributed by atoms with Crippen molar-refractivity contribution in [3.8, 4) is 0 Å². The topological polar surface area (TPSA) is 57.3 Å². The number of carbonyl (C=O) groups excluding carboxylic acids is 1. The van der Waals surface area contributed by atoms with E-state index in [9.17, 15) is 4.79 Å². The third kappa shape index (κ3) is 4.19. The van der Waals surface area contributed by atoms with Gasteiger partial charge in [-0.2, -0.15) is 0 Å². The van der Waals surface area contributed by atoms with Crippen LogP contribution in [0.3, 0.4) is 0 Å². The number of thiazole rings is 1. The molecular formula is C15H20N4OS. The Morgan fingerprint density at radius 1 is 1.38 bits per heavy atom. The molecule has 21 heavy (non-hydrogen) atoms. The van der Waals surface area contributed by atoms with Crippen LogP contribution in [0.1, 0.15) is 23.8 Å². The van der Waals surface area contributed by atoms with E-state index >= 15 is 0 Å². The second-order valence-electron chi connectivity index (χ2n) is 4.86. The summed E-state index contributed by atoms with van der Waals surface area (Å²) in [7, 11) is 4.00. The Hall–Kier alpha value is -2.08. The van der Waals surface area contributed by atoms with Gasteiger partial charge in [-0.1, -0.05) is 13.0 Å². The molecule has 0 radical (unpaired) electrons. The van der Waals surface area contributed by atoms with Gasteiger partial charge in [0.25, 0.3) is 5.91 Å². The first-order valence-electron chi connectivity index (χ1n) is 6.88. The van der Waals surface area contributed by atoms with E-state index in [0.717, 1.165) is 17.8 Å². The van der Waals surface area contributed by atoms with Crippen molar-refractivity contribution < 1.29 is 4.79 Å². The predicted octanol–water partition coefficient (Wildman–Crippen LogP) is 3.09. The first kappa shape index (κ1) is 15.3. The van der Waals surface area contributed by atoms with Crippen molar-refractivity contribution in [3.63, 3.8) is 0 Å². The van der Waals surface area contributed by atoms with Gasteiger partial charge in [0.15, 0.2) is 5.13 Å². The Morgan fingerprint density at radius 2 is 2.19 bits per heavy atom. The number of amides is 1. The fourth-order valence-electron chi connectivity index (χ4n) is 1.75. The SMILES string of the molecule is CCCNC(=O)c1csc(Nc2cccc(N(C)C)c2)n1. The van der Waals surface area contributed by atoms with Crippen LogP contribution in [0.25, 0.3) is 0 Å². The van der Waals surface area contributed by atoms with Gasteiger partial charge >= 0.3 is 0 Å². The first-order chi connectivity index (χ1) is 10.1. The molecule has 0 saturated carbocycles. The minimum Gasteiger partial charge on any atom is -0.378 e. The molecule has 0 aliphatic heterocycles. The molecule has 1 aromatic carbocycles. The van der Waals surface area contributed by atoms with Crippen LogP contribution in [0.5, 0.6) is 0 Å². The fraction of sp³-hybridized carbons (Fsp3) is 0.333.